The Morgan fingerprint density at radius 1 is 1.44 bits per heavy atom. The van der Waals surface area contributed by atoms with E-state index in [4.69, 9.17) is 24.7 Å². The summed E-state index contributed by atoms with van der Waals surface area (Å²) in [5.74, 6) is -0.716. The summed E-state index contributed by atoms with van der Waals surface area (Å²) in [4.78, 5) is 0. The lowest BCUT2D eigenvalue weighted by molar-refractivity contribution is -0.218. The minimum absolute atomic E-state index is 0.324. The van der Waals surface area contributed by atoms with Gasteiger partial charge < -0.3 is 29.8 Å². The van der Waals surface area contributed by atoms with Crippen molar-refractivity contribution in [2.45, 2.75) is 50.3 Å². The highest BCUT2D eigenvalue weighted by molar-refractivity contribution is 4.96. The fourth-order valence-corrected chi connectivity index (χ4v) is 2.16. The van der Waals surface area contributed by atoms with Gasteiger partial charge in [-0.15, -0.1) is 0 Å². The largest absolute Gasteiger partial charge is 0.387 e. The molecule has 5 atom stereocenters. The van der Waals surface area contributed by atoms with Gasteiger partial charge in [0.2, 0.25) is 0 Å². The van der Waals surface area contributed by atoms with E-state index in [9.17, 15) is 5.11 Å². The molecule has 0 spiro atoms. The zero-order chi connectivity index (χ0) is 11.9. The number of aliphatic hydroxyl groups is 1. The summed E-state index contributed by atoms with van der Waals surface area (Å²) in [5.41, 5.74) is 5.83. The van der Waals surface area contributed by atoms with Crippen LogP contribution in [0.15, 0.2) is 0 Å². The van der Waals surface area contributed by atoms with Crippen molar-refractivity contribution in [2.75, 3.05) is 13.7 Å². The summed E-state index contributed by atoms with van der Waals surface area (Å²) in [7, 11) is 1.55. The zero-order valence-electron chi connectivity index (χ0n) is 9.75. The lowest BCUT2D eigenvalue weighted by Crippen LogP contribution is -2.47. The van der Waals surface area contributed by atoms with E-state index in [0.717, 1.165) is 0 Å². The van der Waals surface area contributed by atoms with Crippen LogP contribution in [0.2, 0.25) is 0 Å². The lowest BCUT2D eigenvalue weighted by atomic mass is 10.1. The number of aliphatic hydroxyl groups excluding tert-OH is 1. The number of fused-ring (bicyclic) bond motifs is 1. The quantitative estimate of drug-likeness (QED) is 0.664. The highest BCUT2D eigenvalue weighted by Crippen LogP contribution is 2.37. The maximum absolute atomic E-state index is 10.0. The first kappa shape index (κ1) is 12.2. The molecule has 2 saturated heterocycles. The molecule has 6 nitrogen and oxygen atoms in total. The second-order valence-corrected chi connectivity index (χ2v) is 4.68. The van der Waals surface area contributed by atoms with Gasteiger partial charge in [0, 0.05) is 7.11 Å². The van der Waals surface area contributed by atoms with Crippen molar-refractivity contribution in [1.82, 2.24) is 0 Å². The topological polar surface area (TPSA) is 83.2 Å². The van der Waals surface area contributed by atoms with Gasteiger partial charge in [0.15, 0.2) is 12.1 Å². The minimum Gasteiger partial charge on any atom is -0.387 e. The highest BCUT2D eigenvalue weighted by atomic mass is 16.8. The molecule has 0 saturated carbocycles. The van der Waals surface area contributed by atoms with Crippen molar-refractivity contribution < 1.29 is 24.1 Å². The van der Waals surface area contributed by atoms with Crippen molar-refractivity contribution in [1.29, 1.82) is 0 Å². The fourth-order valence-electron chi connectivity index (χ4n) is 2.16. The molecule has 0 bridgehead atoms. The third-order valence-corrected chi connectivity index (χ3v) is 2.83. The molecule has 1 unspecified atom stereocenters. The third-order valence-electron chi connectivity index (χ3n) is 2.83. The highest BCUT2D eigenvalue weighted by Gasteiger charge is 2.55. The van der Waals surface area contributed by atoms with Crippen molar-refractivity contribution in [3.63, 3.8) is 0 Å². The van der Waals surface area contributed by atoms with Crippen LogP contribution in [0.3, 0.4) is 0 Å². The molecule has 0 aromatic carbocycles. The molecule has 0 radical (unpaired) electrons. The predicted octanol–water partition coefficient (Wildman–Crippen LogP) is -0.803. The first-order chi connectivity index (χ1) is 7.44. The van der Waals surface area contributed by atoms with E-state index in [1.54, 1.807) is 21.0 Å². The van der Waals surface area contributed by atoms with Gasteiger partial charge >= 0.3 is 0 Å². The van der Waals surface area contributed by atoms with Crippen LogP contribution in [-0.2, 0) is 18.9 Å². The first-order valence-electron chi connectivity index (χ1n) is 5.38. The number of rotatable bonds is 3. The Bertz CT molecular complexity index is 260. The van der Waals surface area contributed by atoms with Crippen LogP contribution in [0, 0.1) is 0 Å². The van der Waals surface area contributed by atoms with Crippen LogP contribution in [-0.4, -0.2) is 55.3 Å². The third kappa shape index (κ3) is 2.09. The molecular weight excluding hydrogens is 214 g/mol. The van der Waals surface area contributed by atoms with E-state index in [2.05, 4.69) is 0 Å². The summed E-state index contributed by atoms with van der Waals surface area (Å²) >= 11 is 0. The predicted molar refractivity (Wildman–Crippen MR) is 54.6 cm³/mol. The van der Waals surface area contributed by atoms with Crippen LogP contribution < -0.4 is 5.73 Å². The van der Waals surface area contributed by atoms with Crippen LogP contribution in [0.4, 0.5) is 0 Å². The van der Waals surface area contributed by atoms with E-state index in [-0.39, 0.29) is 6.04 Å². The Kier molecular flexibility index (Phi) is 3.22. The van der Waals surface area contributed by atoms with Crippen molar-refractivity contribution in [3.05, 3.63) is 0 Å². The molecule has 2 rings (SSSR count). The van der Waals surface area contributed by atoms with Crippen molar-refractivity contribution >= 4 is 0 Å². The molecule has 16 heavy (non-hydrogen) atoms. The average Bonchev–Trinajstić information content (AvgIpc) is 2.62. The number of nitrogens with two attached hydrogens (primary N) is 1. The molecule has 0 aromatic heterocycles. The number of methoxy groups -OCH3 is 1. The second-order valence-electron chi connectivity index (χ2n) is 4.68. The molecule has 3 N–H and O–H groups in total. The van der Waals surface area contributed by atoms with E-state index < -0.39 is 30.4 Å². The van der Waals surface area contributed by atoms with Crippen LogP contribution in [0.1, 0.15) is 13.8 Å². The maximum atomic E-state index is 10.0. The minimum atomic E-state index is -0.781. The van der Waals surface area contributed by atoms with Gasteiger partial charge in [-0.3, -0.25) is 0 Å². The van der Waals surface area contributed by atoms with Gasteiger partial charge in [0.25, 0.3) is 0 Å². The Balaban J connectivity index is 1.99. The number of hydrogen-bond acceptors (Lipinski definition) is 6. The van der Waals surface area contributed by atoms with Gasteiger partial charge in [0.1, 0.15) is 18.3 Å². The Labute approximate surface area is 94.6 Å². The molecule has 6 heteroatoms. The molecule has 2 fully saturated rings. The summed E-state index contributed by atoms with van der Waals surface area (Å²) in [6.45, 7) is 3.89. The van der Waals surface area contributed by atoms with E-state index in [0.29, 0.717) is 6.61 Å². The zero-order valence-corrected chi connectivity index (χ0v) is 9.75. The number of ether oxygens (including phenoxy) is 4. The first-order valence-corrected chi connectivity index (χ1v) is 5.38. The van der Waals surface area contributed by atoms with E-state index in [1.165, 1.54) is 0 Å². The fraction of sp³-hybridized carbons (Fsp3) is 1.00. The van der Waals surface area contributed by atoms with E-state index in [1.807, 2.05) is 0 Å². The van der Waals surface area contributed by atoms with Crippen molar-refractivity contribution in [3.8, 4) is 0 Å². The monoisotopic (exact) mass is 233 g/mol. The average molecular weight is 233 g/mol. The Hall–Kier alpha value is -0.240. The van der Waals surface area contributed by atoms with Crippen LogP contribution >= 0.6 is 0 Å². The summed E-state index contributed by atoms with van der Waals surface area (Å²) in [5, 5.41) is 10.0. The molecule has 2 aliphatic rings. The van der Waals surface area contributed by atoms with Crippen LogP contribution in [0.25, 0.3) is 0 Å². The SMILES string of the molecule is COC[C@@H](N)[C@H]1OC2OC(C)(C)O[C@@H]2[C@H]1O. The maximum Gasteiger partial charge on any atom is 0.190 e. The van der Waals surface area contributed by atoms with Crippen LogP contribution in [0.5, 0.6) is 0 Å². The normalized spacial score (nSPS) is 43.3. The van der Waals surface area contributed by atoms with E-state index >= 15 is 0 Å². The Morgan fingerprint density at radius 3 is 2.69 bits per heavy atom. The molecule has 0 amide bonds. The van der Waals surface area contributed by atoms with Gasteiger partial charge in [0.05, 0.1) is 12.6 Å². The molecule has 2 heterocycles. The second kappa shape index (κ2) is 4.21. The van der Waals surface area contributed by atoms with Crippen molar-refractivity contribution in [2.24, 2.45) is 5.73 Å². The van der Waals surface area contributed by atoms with Gasteiger partial charge in [-0.1, -0.05) is 0 Å². The summed E-state index contributed by atoms with van der Waals surface area (Å²) < 4.78 is 21.5. The van der Waals surface area contributed by atoms with Gasteiger partial charge in [-0.25, -0.2) is 0 Å². The lowest BCUT2D eigenvalue weighted by Gasteiger charge is -2.26. The molecule has 94 valence electrons. The van der Waals surface area contributed by atoms with Gasteiger partial charge in [-0.2, -0.15) is 0 Å². The number of hydrogen-bond donors (Lipinski definition) is 2. The molecule has 0 aromatic rings. The summed E-state index contributed by atoms with van der Waals surface area (Å²) in [6.07, 6.45) is -2.30. The molecule has 2 aliphatic heterocycles. The van der Waals surface area contributed by atoms with Gasteiger partial charge in [-0.05, 0) is 13.8 Å². The smallest absolute Gasteiger partial charge is 0.190 e. The summed E-state index contributed by atoms with van der Waals surface area (Å²) in [6, 6.07) is -0.388. The molecular formula is C10H19NO5. The standard InChI is InChI=1S/C10H19NO5/c1-10(2)15-8-6(12)7(5(11)4-13-3)14-9(8)16-10/h5-9,12H,4,11H2,1-3H3/t5-,6+,7-,8-,9?/m1/s1. The Morgan fingerprint density at radius 2 is 2.12 bits per heavy atom. The molecule has 0 aliphatic carbocycles.